The molecule has 0 radical (unpaired) electrons. The van der Waals surface area contributed by atoms with Crippen molar-refractivity contribution < 1.29 is 14.3 Å². The number of nitrogens with two attached hydrogens (primary N) is 1. The second kappa shape index (κ2) is 4.25. The van der Waals surface area contributed by atoms with Crippen LogP contribution in [0.2, 0.25) is 0 Å². The van der Waals surface area contributed by atoms with Gasteiger partial charge in [0.2, 0.25) is 0 Å². The van der Waals surface area contributed by atoms with Crippen LogP contribution in [0.25, 0.3) is 0 Å². The van der Waals surface area contributed by atoms with Gasteiger partial charge in [-0.2, -0.15) is 0 Å². The van der Waals surface area contributed by atoms with Gasteiger partial charge in [0.15, 0.2) is 0 Å². The van der Waals surface area contributed by atoms with Gasteiger partial charge in [-0.25, -0.2) is 0 Å². The summed E-state index contributed by atoms with van der Waals surface area (Å²) in [6.07, 6.45) is 3.86. The number of hydrogen-bond acceptors (Lipinski definition) is 4. The van der Waals surface area contributed by atoms with E-state index in [0.717, 1.165) is 25.7 Å². The van der Waals surface area contributed by atoms with Crippen LogP contribution >= 0.6 is 0 Å². The number of ether oxygens (including phenoxy) is 2. The van der Waals surface area contributed by atoms with E-state index >= 15 is 0 Å². The molecule has 1 unspecified atom stereocenters. The zero-order valence-corrected chi connectivity index (χ0v) is 11.0. The minimum Gasteiger partial charge on any atom is -0.460 e. The Hall–Kier alpha value is -0.610. The highest BCUT2D eigenvalue weighted by molar-refractivity contribution is 5.74. The van der Waals surface area contributed by atoms with Crippen LogP contribution in [0, 0.1) is 5.92 Å². The Bertz CT molecular complexity index is 302. The van der Waals surface area contributed by atoms with Gasteiger partial charge in [-0.15, -0.1) is 0 Å². The topological polar surface area (TPSA) is 61.5 Å². The smallest absolute Gasteiger partial charge is 0.309 e. The first-order valence-corrected chi connectivity index (χ1v) is 6.44. The average molecular weight is 241 g/mol. The second-order valence-corrected chi connectivity index (χ2v) is 6.34. The van der Waals surface area contributed by atoms with Crippen molar-refractivity contribution in [3.8, 4) is 0 Å². The van der Waals surface area contributed by atoms with E-state index in [0.29, 0.717) is 6.54 Å². The first kappa shape index (κ1) is 12.8. The van der Waals surface area contributed by atoms with Crippen molar-refractivity contribution in [1.82, 2.24) is 0 Å². The van der Waals surface area contributed by atoms with E-state index in [1.54, 1.807) is 0 Å². The van der Waals surface area contributed by atoms with Crippen LogP contribution in [0.5, 0.6) is 0 Å². The van der Waals surface area contributed by atoms with Crippen molar-refractivity contribution in [3.05, 3.63) is 0 Å². The summed E-state index contributed by atoms with van der Waals surface area (Å²) in [7, 11) is 0. The summed E-state index contributed by atoms with van der Waals surface area (Å²) >= 11 is 0. The van der Waals surface area contributed by atoms with Gasteiger partial charge in [-0.1, -0.05) is 0 Å². The zero-order chi connectivity index (χ0) is 12.7. The fourth-order valence-electron chi connectivity index (χ4n) is 2.75. The second-order valence-electron chi connectivity index (χ2n) is 6.34. The highest BCUT2D eigenvalue weighted by atomic mass is 16.6. The van der Waals surface area contributed by atoms with Crippen molar-refractivity contribution in [1.29, 1.82) is 0 Å². The first-order chi connectivity index (χ1) is 7.84. The molecule has 2 fully saturated rings. The van der Waals surface area contributed by atoms with Gasteiger partial charge in [0.1, 0.15) is 5.60 Å². The lowest BCUT2D eigenvalue weighted by Crippen LogP contribution is -2.48. The van der Waals surface area contributed by atoms with Crippen molar-refractivity contribution >= 4 is 5.97 Å². The van der Waals surface area contributed by atoms with Gasteiger partial charge in [-0.3, -0.25) is 4.79 Å². The Kier molecular flexibility index (Phi) is 3.21. The van der Waals surface area contributed by atoms with E-state index in [4.69, 9.17) is 15.2 Å². The molecule has 98 valence electrons. The fourth-order valence-corrected chi connectivity index (χ4v) is 2.75. The number of carbonyl (C=O) groups is 1. The number of hydrogen-bond donors (Lipinski definition) is 1. The van der Waals surface area contributed by atoms with Gasteiger partial charge in [-0.05, 0) is 46.5 Å². The average Bonchev–Trinajstić information content (AvgIpc) is 2.56. The lowest BCUT2D eigenvalue weighted by Gasteiger charge is -2.44. The molecule has 1 heterocycles. The van der Waals surface area contributed by atoms with Gasteiger partial charge in [0, 0.05) is 6.54 Å². The van der Waals surface area contributed by atoms with Gasteiger partial charge >= 0.3 is 5.97 Å². The molecule has 1 aliphatic heterocycles. The molecule has 4 nitrogen and oxygen atoms in total. The molecule has 17 heavy (non-hydrogen) atoms. The lowest BCUT2D eigenvalue weighted by molar-refractivity contribution is -0.180. The molecule has 2 N–H and O–H groups in total. The maximum Gasteiger partial charge on any atom is 0.309 e. The molecule has 1 atom stereocenters. The van der Waals surface area contributed by atoms with E-state index in [9.17, 15) is 4.79 Å². The van der Waals surface area contributed by atoms with Crippen molar-refractivity contribution in [2.24, 2.45) is 11.7 Å². The maximum absolute atomic E-state index is 11.8. The summed E-state index contributed by atoms with van der Waals surface area (Å²) in [5.74, 6) is -0.0614. The minimum absolute atomic E-state index is 0.0192. The summed E-state index contributed by atoms with van der Waals surface area (Å²) < 4.78 is 11.3. The highest BCUT2D eigenvalue weighted by Gasteiger charge is 2.53. The molecule has 1 saturated carbocycles. The van der Waals surface area contributed by atoms with E-state index < -0.39 is 5.60 Å². The molecule has 4 heteroatoms. The van der Waals surface area contributed by atoms with Crippen LogP contribution in [-0.4, -0.2) is 29.8 Å². The molecule has 0 amide bonds. The zero-order valence-electron chi connectivity index (χ0n) is 11.0. The summed E-state index contributed by atoms with van der Waals surface area (Å²) in [4.78, 5) is 11.8. The monoisotopic (exact) mass is 241 g/mol. The van der Waals surface area contributed by atoms with Crippen molar-refractivity contribution in [3.63, 3.8) is 0 Å². The van der Waals surface area contributed by atoms with Crippen molar-refractivity contribution in [2.45, 2.75) is 63.8 Å². The maximum atomic E-state index is 11.8. The predicted octanol–water partition coefficient (Wildman–Crippen LogP) is 1.61. The largest absolute Gasteiger partial charge is 0.460 e. The summed E-state index contributed by atoms with van der Waals surface area (Å²) in [6, 6.07) is 0. The molecular formula is C13H23NO3. The Balaban J connectivity index is 1.81. The molecular weight excluding hydrogens is 218 g/mol. The van der Waals surface area contributed by atoms with E-state index in [2.05, 4.69) is 0 Å². The lowest BCUT2D eigenvalue weighted by atomic mass is 9.69. The van der Waals surface area contributed by atoms with Gasteiger partial charge < -0.3 is 15.2 Å². The molecule has 2 aliphatic rings. The Morgan fingerprint density at radius 1 is 1.47 bits per heavy atom. The van der Waals surface area contributed by atoms with E-state index in [1.165, 1.54) is 0 Å². The van der Waals surface area contributed by atoms with Crippen LogP contribution in [0.3, 0.4) is 0 Å². The van der Waals surface area contributed by atoms with Crippen LogP contribution in [-0.2, 0) is 14.3 Å². The molecule has 2 rings (SSSR count). The number of esters is 1. The van der Waals surface area contributed by atoms with Crippen LogP contribution in [0.1, 0.15) is 46.5 Å². The predicted molar refractivity (Wildman–Crippen MR) is 64.5 cm³/mol. The third kappa shape index (κ3) is 2.80. The third-order valence-corrected chi connectivity index (χ3v) is 3.58. The van der Waals surface area contributed by atoms with Gasteiger partial charge in [0.05, 0.1) is 17.6 Å². The molecule has 1 saturated heterocycles. The highest BCUT2D eigenvalue weighted by Crippen LogP contribution is 2.49. The van der Waals surface area contributed by atoms with Crippen LogP contribution < -0.4 is 5.73 Å². The summed E-state index contributed by atoms with van der Waals surface area (Å²) in [6.45, 7) is 6.28. The molecule has 0 aromatic carbocycles. The molecule has 0 aromatic rings. The SMILES string of the molecule is CC(C)(C)OC(=O)C1CC2(CCC(CN)O2)C1. The summed E-state index contributed by atoms with van der Waals surface area (Å²) in [5.41, 5.74) is 5.14. The fraction of sp³-hybridized carbons (Fsp3) is 0.923. The van der Waals surface area contributed by atoms with E-state index in [-0.39, 0.29) is 23.6 Å². The van der Waals surface area contributed by atoms with E-state index in [1.807, 2.05) is 20.8 Å². The number of rotatable bonds is 2. The third-order valence-electron chi connectivity index (χ3n) is 3.58. The van der Waals surface area contributed by atoms with Crippen molar-refractivity contribution in [2.75, 3.05) is 6.54 Å². The normalized spacial score (nSPS) is 36.9. The standard InChI is InChI=1S/C13H23NO3/c1-12(2,3)17-11(15)9-6-13(7-9)5-4-10(8-14)16-13/h9-10H,4-8,14H2,1-3H3. The van der Waals surface area contributed by atoms with Gasteiger partial charge in [0.25, 0.3) is 0 Å². The first-order valence-electron chi connectivity index (χ1n) is 6.44. The molecule has 0 bridgehead atoms. The molecule has 0 aromatic heterocycles. The van der Waals surface area contributed by atoms with Crippen LogP contribution in [0.15, 0.2) is 0 Å². The Labute approximate surface area is 103 Å². The Morgan fingerprint density at radius 3 is 2.59 bits per heavy atom. The quantitative estimate of drug-likeness (QED) is 0.746. The molecule has 1 aliphatic carbocycles. The minimum atomic E-state index is -0.393. The van der Waals surface area contributed by atoms with Crippen LogP contribution in [0.4, 0.5) is 0 Å². The molecule has 1 spiro atoms. The number of carbonyl (C=O) groups excluding carboxylic acids is 1. The Morgan fingerprint density at radius 2 is 2.12 bits per heavy atom. The summed E-state index contributed by atoms with van der Waals surface area (Å²) in [5, 5.41) is 0.